The highest BCUT2D eigenvalue weighted by atomic mass is 35.5. The van der Waals surface area contributed by atoms with Crippen LogP contribution in [0.2, 0.25) is 10.0 Å². The summed E-state index contributed by atoms with van der Waals surface area (Å²) in [4.78, 5) is 12.1. The van der Waals surface area contributed by atoms with Crippen molar-refractivity contribution < 1.29 is 9.53 Å². The normalized spacial score (nSPS) is 10.3. The standard InChI is InChI=1S/C15H12Cl2O2/c1-19-12-4-2-3-10(7-12)8-15(18)11-5-6-13(16)14(17)9-11/h2-7,9H,8H2,1H3. The molecule has 0 heterocycles. The van der Waals surface area contributed by atoms with E-state index in [1.165, 1.54) is 0 Å². The van der Waals surface area contributed by atoms with Gasteiger partial charge in [0.1, 0.15) is 5.75 Å². The second-order valence-electron chi connectivity index (χ2n) is 4.08. The largest absolute Gasteiger partial charge is 0.497 e. The first-order chi connectivity index (χ1) is 9.10. The number of rotatable bonds is 4. The molecule has 0 N–H and O–H groups in total. The fourth-order valence-corrected chi connectivity index (χ4v) is 2.04. The number of ether oxygens (including phenoxy) is 1. The SMILES string of the molecule is COc1cccc(CC(=O)c2ccc(Cl)c(Cl)c2)c1. The van der Waals surface area contributed by atoms with E-state index in [1.54, 1.807) is 25.3 Å². The Labute approximate surface area is 121 Å². The Balaban J connectivity index is 2.18. The van der Waals surface area contributed by atoms with Crippen LogP contribution in [-0.4, -0.2) is 12.9 Å². The van der Waals surface area contributed by atoms with E-state index < -0.39 is 0 Å². The zero-order chi connectivity index (χ0) is 13.8. The molecule has 0 saturated heterocycles. The van der Waals surface area contributed by atoms with Crippen molar-refractivity contribution in [3.05, 3.63) is 63.6 Å². The number of benzene rings is 2. The van der Waals surface area contributed by atoms with E-state index in [-0.39, 0.29) is 5.78 Å². The van der Waals surface area contributed by atoms with E-state index in [4.69, 9.17) is 27.9 Å². The van der Waals surface area contributed by atoms with Crippen molar-refractivity contribution in [2.24, 2.45) is 0 Å². The molecule has 0 aromatic heterocycles. The molecule has 0 fully saturated rings. The molecule has 4 heteroatoms. The first-order valence-electron chi connectivity index (χ1n) is 5.71. The molecule has 0 atom stereocenters. The average Bonchev–Trinajstić information content (AvgIpc) is 2.42. The minimum absolute atomic E-state index is 0.00757. The number of ketones is 1. The molecule has 0 saturated carbocycles. The van der Waals surface area contributed by atoms with Crippen molar-refractivity contribution in [1.82, 2.24) is 0 Å². The second-order valence-corrected chi connectivity index (χ2v) is 4.89. The number of hydrogen-bond acceptors (Lipinski definition) is 2. The number of hydrogen-bond donors (Lipinski definition) is 0. The Hall–Kier alpha value is -1.51. The highest BCUT2D eigenvalue weighted by Gasteiger charge is 2.09. The summed E-state index contributed by atoms with van der Waals surface area (Å²) in [5, 5.41) is 0.831. The minimum Gasteiger partial charge on any atom is -0.497 e. The lowest BCUT2D eigenvalue weighted by Crippen LogP contribution is -2.03. The Morgan fingerprint density at radius 1 is 1.11 bits per heavy atom. The second kappa shape index (κ2) is 6.09. The van der Waals surface area contributed by atoms with E-state index in [2.05, 4.69) is 0 Å². The Morgan fingerprint density at radius 2 is 1.89 bits per heavy atom. The lowest BCUT2D eigenvalue weighted by Gasteiger charge is -2.05. The predicted molar refractivity (Wildman–Crippen MR) is 77.5 cm³/mol. The Bertz CT molecular complexity index is 609. The van der Waals surface area contributed by atoms with Gasteiger partial charge in [-0.1, -0.05) is 35.3 Å². The van der Waals surface area contributed by atoms with Gasteiger partial charge in [-0.25, -0.2) is 0 Å². The summed E-state index contributed by atoms with van der Waals surface area (Å²) in [6, 6.07) is 12.3. The number of carbonyl (C=O) groups is 1. The van der Waals surface area contributed by atoms with Crippen molar-refractivity contribution in [2.45, 2.75) is 6.42 Å². The molecule has 0 amide bonds. The van der Waals surface area contributed by atoms with Gasteiger partial charge in [0.05, 0.1) is 17.2 Å². The molecular weight excluding hydrogens is 283 g/mol. The van der Waals surface area contributed by atoms with Gasteiger partial charge < -0.3 is 4.74 Å². The highest BCUT2D eigenvalue weighted by molar-refractivity contribution is 6.42. The maximum atomic E-state index is 12.1. The fraction of sp³-hybridized carbons (Fsp3) is 0.133. The van der Waals surface area contributed by atoms with E-state index in [1.807, 2.05) is 24.3 Å². The van der Waals surface area contributed by atoms with Gasteiger partial charge in [-0.05, 0) is 35.9 Å². The molecule has 0 aliphatic rings. The van der Waals surface area contributed by atoms with E-state index >= 15 is 0 Å². The summed E-state index contributed by atoms with van der Waals surface area (Å²) in [7, 11) is 1.60. The van der Waals surface area contributed by atoms with Crippen LogP contribution in [0.15, 0.2) is 42.5 Å². The van der Waals surface area contributed by atoms with Crippen LogP contribution in [0.5, 0.6) is 5.75 Å². The number of Topliss-reactive ketones (excluding diaryl/α,β-unsaturated/α-hetero) is 1. The van der Waals surface area contributed by atoms with E-state index in [0.29, 0.717) is 22.0 Å². The summed E-state index contributed by atoms with van der Waals surface area (Å²) in [5.74, 6) is 0.728. The highest BCUT2D eigenvalue weighted by Crippen LogP contribution is 2.23. The molecule has 0 radical (unpaired) electrons. The first kappa shape index (κ1) is 13.9. The third-order valence-corrected chi connectivity index (χ3v) is 3.48. The zero-order valence-electron chi connectivity index (χ0n) is 10.3. The number of methoxy groups -OCH3 is 1. The Morgan fingerprint density at radius 3 is 2.58 bits per heavy atom. The van der Waals surface area contributed by atoms with Gasteiger partial charge in [0.2, 0.25) is 0 Å². The lowest BCUT2D eigenvalue weighted by molar-refractivity contribution is 0.0993. The maximum Gasteiger partial charge on any atom is 0.167 e. The number of halogens is 2. The lowest BCUT2D eigenvalue weighted by atomic mass is 10.0. The summed E-state index contributed by atoms with van der Waals surface area (Å²) in [6.07, 6.45) is 0.301. The maximum absolute atomic E-state index is 12.1. The topological polar surface area (TPSA) is 26.3 Å². The van der Waals surface area contributed by atoms with Crippen LogP contribution in [0.3, 0.4) is 0 Å². The van der Waals surface area contributed by atoms with E-state index in [9.17, 15) is 4.79 Å². The van der Waals surface area contributed by atoms with Gasteiger partial charge in [-0.15, -0.1) is 0 Å². The molecule has 19 heavy (non-hydrogen) atoms. The fourth-order valence-electron chi connectivity index (χ4n) is 1.74. The van der Waals surface area contributed by atoms with Crippen LogP contribution >= 0.6 is 23.2 Å². The smallest absolute Gasteiger partial charge is 0.167 e. The molecule has 0 aliphatic carbocycles. The summed E-state index contributed by atoms with van der Waals surface area (Å²) in [5.41, 5.74) is 1.45. The van der Waals surface area contributed by atoms with Gasteiger partial charge >= 0.3 is 0 Å². The molecule has 0 aliphatic heterocycles. The van der Waals surface area contributed by atoms with Crippen molar-refractivity contribution in [2.75, 3.05) is 7.11 Å². The minimum atomic E-state index is -0.00757. The van der Waals surface area contributed by atoms with Gasteiger partial charge in [0.25, 0.3) is 0 Å². The monoisotopic (exact) mass is 294 g/mol. The molecule has 2 aromatic rings. The molecule has 2 rings (SSSR count). The van der Waals surface area contributed by atoms with Crippen LogP contribution in [-0.2, 0) is 6.42 Å². The van der Waals surface area contributed by atoms with Gasteiger partial charge in [-0.2, -0.15) is 0 Å². The van der Waals surface area contributed by atoms with Crippen molar-refractivity contribution in [1.29, 1.82) is 0 Å². The molecule has 0 unspecified atom stereocenters. The van der Waals surface area contributed by atoms with Crippen LogP contribution in [0.1, 0.15) is 15.9 Å². The van der Waals surface area contributed by atoms with Crippen LogP contribution in [0.4, 0.5) is 0 Å². The predicted octanol–water partition coefficient (Wildman–Crippen LogP) is 4.43. The number of carbonyl (C=O) groups excluding carboxylic acids is 1. The van der Waals surface area contributed by atoms with Crippen molar-refractivity contribution in [3.8, 4) is 5.75 Å². The van der Waals surface area contributed by atoms with Gasteiger partial charge in [0.15, 0.2) is 5.78 Å². The summed E-state index contributed by atoms with van der Waals surface area (Å²) < 4.78 is 5.13. The molecule has 2 nitrogen and oxygen atoms in total. The van der Waals surface area contributed by atoms with Crippen molar-refractivity contribution >= 4 is 29.0 Å². The van der Waals surface area contributed by atoms with Crippen LogP contribution < -0.4 is 4.74 Å². The molecule has 0 bridgehead atoms. The third-order valence-electron chi connectivity index (χ3n) is 2.74. The van der Waals surface area contributed by atoms with Crippen molar-refractivity contribution in [3.63, 3.8) is 0 Å². The van der Waals surface area contributed by atoms with Gasteiger partial charge in [0, 0.05) is 12.0 Å². The summed E-state index contributed by atoms with van der Waals surface area (Å²) >= 11 is 11.7. The molecule has 98 valence electrons. The summed E-state index contributed by atoms with van der Waals surface area (Å²) in [6.45, 7) is 0. The zero-order valence-corrected chi connectivity index (χ0v) is 11.8. The Kier molecular flexibility index (Phi) is 4.46. The molecule has 2 aromatic carbocycles. The van der Waals surface area contributed by atoms with Gasteiger partial charge in [-0.3, -0.25) is 4.79 Å². The van der Waals surface area contributed by atoms with E-state index in [0.717, 1.165) is 11.3 Å². The third kappa shape index (κ3) is 3.49. The molecule has 0 spiro atoms. The van der Waals surface area contributed by atoms with Crippen LogP contribution in [0.25, 0.3) is 0 Å². The average molecular weight is 295 g/mol. The first-order valence-corrected chi connectivity index (χ1v) is 6.47. The quantitative estimate of drug-likeness (QED) is 0.780. The van der Waals surface area contributed by atoms with Crippen LogP contribution in [0, 0.1) is 0 Å². The molecular formula is C15H12Cl2O2.